The van der Waals surface area contributed by atoms with E-state index in [1.54, 1.807) is 6.20 Å². The monoisotopic (exact) mass is 222 g/mol. The van der Waals surface area contributed by atoms with E-state index in [9.17, 15) is 0 Å². The highest BCUT2D eigenvalue weighted by Crippen LogP contribution is 2.17. The molecule has 0 saturated carbocycles. The lowest BCUT2D eigenvalue weighted by molar-refractivity contribution is 0.281. The molecule has 0 aliphatic heterocycles. The molecule has 16 heavy (non-hydrogen) atoms. The topological polar surface area (TPSA) is 36.4 Å². The molecule has 0 amide bonds. The van der Waals surface area contributed by atoms with Crippen LogP contribution in [0.4, 0.5) is 5.82 Å². The van der Waals surface area contributed by atoms with Gasteiger partial charge in [-0.3, -0.25) is 0 Å². The largest absolute Gasteiger partial charge is 0.392 e. The number of rotatable bonds is 5. The van der Waals surface area contributed by atoms with Crippen molar-refractivity contribution >= 4 is 5.82 Å². The van der Waals surface area contributed by atoms with Gasteiger partial charge in [-0.1, -0.05) is 13.8 Å². The summed E-state index contributed by atoms with van der Waals surface area (Å²) < 4.78 is 0. The lowest BCUT2D eigenvalue weighted by atomic mass is 10.1. The van der Waals surface area contributed by atoms with Gasteiger partial charge in [0.2, 0.25) is 0 Å². The van der Waals surface area contributed by atoms with Crippen LogP contribution < -0.4 is 4.90 Å². The summed E-state index contributed by atoms with van der Waals surface area (Å²) in [6.45, 7) is 9.78. The fourth-order valence-corrected chi connectivity index (χ4v) is 1.68. The van der Waals surface area contributed by atoms with Crippen LogP contribution in [0, 0.1) is 5.92 Å². The maximum atomic E-state index is 9.12. The molecule has 1 N–H and O–H groups in total. The quantitative estimate of drug-likeness (QED) is 0.831. The predicted octanol–water partition coefficient (Wildman–Crippen LogP) is 2.44. The van der Waals surface area contributed by atoms with Gasteiger partial charge in [0.15, 0.2) is 0 Å². The molecule has 0 aliphatic carbocycles. The Morgan fingerprint density at radius 2 is 2.00 bits per heavy atom. The number of pyridine rings is 1. The Morgan fingerprint density at radius 3 is 2.50 bits per heavy atom. The average molecular weight is 222 g/mol. The third kappa shape index (κ3) is 3.49. The second-order valence-electron chi connectivity index (χ2n) is 4.82. The summed E-state index contributed by atoms with van der Waals surface area (Å²) in [5.41, 5.74) is 0.916. The highest BCUT2D eigenvalue weighted by Gasteiger charge is 2.13. The van der Waals surface area contributed by atoms with Crippen LogP contribution in [0.15, 0.2) is 18.3 Å². The van der Waals surface area contributed by atoms with Gasteiger partial charge in [0.25, 0.3) is 0 Å². The van der Waals surface area contributed by atoms with Gasteiger partial charge in [-0.25, -0.2) is 4.98 Å². The minimum absolute atomic E-state index is 0.0726. The minimum atomic E-state index is 0.0726. The van der Waals surface area contributed by atoms with E-state index in [-0.39, 0.29) is 6.61 Å². The molecule has 0 aromatic carbocycles. The first-order valence-electron chi connectivity index (χ1n) is 5.87. The molecule has 3 heteroatoms. The van der Waals surface area contributed by atoms with Gasteiger partial charge >= 0.3 is 0 Å². The zero-order valence-electron chi connectivity index (χ0n) is 10.6. The Bertz CT molecular complexity index is 323. The second kappa shape index (κ2) is 5.85. The maximum Gasteiger partial charge on any atom is 0.129 e. The minimum Gasteiger partial charge on any atom is -0.392 e. The molecule has 0 radical (unpaired) electrons. The van der Waals surface area contributed by atoms with E-state index in [0.717, 1.165) is 17.9 Å². The normalized spacial score (nSPS) is 11.2. The van der Waals surface area contributed by atoms with Gasteiger partial charge in [0, 0.05) is 18.8 Å². The Morgan fingerprint density at radius 1 is 1.31 bits per heavy atom. The zero-order valence-corrected chi connectivity index (χ0v) is 10.6. The Hall–Kier alpha value is -1.09. The van der Waals surface area contributed by atoms with Crippen molar-refractivity contribution in [3.63, 3.8) is 0 Å². The smallest absolute Gasteiger partial charge is 0.129 e. The molecule has 0 spiro atoms. The van der Waals surface area contributed by atoms with E-state index in [0.29, 0.717) is 12.0 Å². The number of aliphatic hydroxyl groups is 1. The molecule has 0 unspecified atom stereocenters. The summed E-state index contributed by atoms with van der Waals surface area (Å²) in [6, 6.07) is 4.23. The van der Waals surface area contributed by atoms with E-state index in [4.69, 9.17) is 5.11 Å². The fraction of sp³-hybridized carbons (Fsp3) is 0.615. The molecule has 1 aromatic heterocycles. The first-order valence-corrected chi connectivity index (χ1v) is 5.87. The molecule has 1 rings (SSSR count). The zero-order chi connectivity index (χ0) is 12.1. The van der Waals surface area contributed by atoms with Gasteiger partial charge in [0.05, 0.1) is 6.61 Å². The molecule has 0 fully saturated rings. The van der Waals surface area contributed by atoms with Crippen molar-refractivity contribution in [2.24, 2.45) is 5.92 Å². The van der Waals surface area contributed by atoms with E-state index >= 15 is 0 Å². The van der Waals surface area contributed by atoms with Crippen molar-refractivity contribution in [1.82, 2.24) is 4.98 Å². The SMILES string of the molecule is CC(C)CN(c1cc(CO)ccn1)C(C)C. The molecule has 3 nitrogen and oxygen atoms in total. The van der Waals surface area contributed by atoms with Crippen LogP contribution in [-0.4, -0.2) is 22.7 Å². The van der Waals surface area contributed by atoms with E-state index < -0.39 is 0 Å². The average Bonchev–Trinajstić information content (AvgIpc) is 2.25. The standard InChI is InChI=1S/C13H22N2O/c1-10(2)8-15(11(3)4)13-7-12(9-16)5-6-14-13/h5-7,10-11,16H,8-9H2,1-4H3. The van der Waals surface area contributed by atoms with E-state index in [2.05, 4.69) is 37.6 Å². The summed E-state index contributed by atoms with van der Waals surface area (Å²) in [5.74, 6) is 1.55. The highest BCUT2D eigenvalue weighted by molar-refractivity contribution is 5.41. The number of hydrogen-bond donors (Lipinski definition) is 1. The molecule has 0 atom stereocenters. The summed E-state index contributed by atoms with van der Waals surface area (Å²) in [4.78, 5) is 6.64. The highest BCUT2D eigenvalue weighted by atomic mass is 16.3. The second-order valence-corrected chi connectivity index (χ2v) is 4.82. The first kappa shape index (κ1) is 13.0. The van der Waals surface area contributed by atoms with E-state index in [1.807, 2.05) is 12.1 Å². The number of aliphatic hydroxyl groups excluding tert-OH is 1. The lowest BCUT2D eigenvalue weighted by Crippen LogP contribution is -2.34. The van der Waals surface area contributed by atoms with Crippen LogP contribution in [0.5, 0.6) is 0 Å². The third-order valence-corrected chi connectivity index (χ3v) is 2.47. The molecule has 0 saturated heterocycles. The van der Waals surface area contributed by atoms with Crippen LogP contribution >= 0.6 is 0 Å². The summed E-state index contributed by atoms with van der Waals surface area (Å²) >= 11 is 0. The first-order chi connectivity index (χ1) is 7.54. The molecule has 1 aromatic rings. The number of aromatic nitrogens is 1. The van der Waals surface area contributed by atoms with Crippen molar-refractivity contribution in [3.8, 4) is 0 Å². The van der Waals surface area contributed by atoms with Crippen molar-refractivity contribution in [1.29, 1.82) is 0 Å². The van der Waals surface area contributed by atoms with Gasteiger partial charge in [0.1, 0.15) is 5.82 Å². The van der Waals surface area contributed by atoms with Crippen molar-refractivity contribution < 1.29 is 5.11 Å². The van der Waals surface area contributed by atoms with Crippen molar-refractivity contribution in [2.45, 2.75) is 40.3 Å². The summed E-state index contributed by atoms with van der Waals surface area (Å²) in [5, 5.41) is 9.12. The van der Waals surface area contributed by atoms with Crippen molar-refractivity contribution in [3.05, 3.63) is 23.9 Å². The summed E-state index contributed by atoms with van der Waals surface area (Å²) in [7, 11) is 0. The summed E-state index contributed by atoms with van der Waals surface area (Å²) in [6.07, 6.45) is 1.76. The van der Waals surface area contributed by atoms with Gasteiger partial charge < -0.3 is 10.0 Å². The van der Waals surface area contributed by atoms with Crippen molar-refractivity contribution in [2.75, 3.05) is 11.4 Å². The lowest BCUT2D eigenvalue weighted by Gasteiger charge is -2.29. The number of hydrogen-bond acceptors (Lipinski definition) is 3. The Balaban J connectivity index is 2.91. The van der Waals surface area contributed by atoms with Gasteiger partial charge in [-0.2, -0.15) is 0 Å². The molecule has 1 heterocycles. The molecular formula is C13H22N2O. The Kier molecular flexibility index (Phi) is 4.74. The number of anilines is 1. The molecular weight excluding hydrogens is 200 g/mol. The Labute approximate surface area is 98.1 Å². The molecule has 0 bridgehead atoms. The van der Waals surface area contributed by atoms with E-state index in [1.165, 1.54) is 0 Å². The van der Waals surface area contributed by atoms with Crippen LogP contribution in [0.1, 0.15) is 33.3 Å². The maximum absolute atomic E-state index is 9.12. The van der Waals surface area contributed by atoms with Crippen LogP contribution in [0.25, 0.3) is 0 Å². The van der Waals surface area contributed by atoms with Gasteiger partial charge in [-0.05, 0) is 37.5 Å². The molecule has 90 valence electrons. The van der Waals surface area contributed by atoms with Crippen LogP contribution in [0.2, 0.25) is 0 Å². The fourth-order valence-electron chi connectivity index (χ4n) is 1.68. The predicted molar refractivity (Wildman–Crippen MR) is 67.5 cm³/mol. The van der Waals surface area contributed by atoms with Gasteiger partial charge in [-0.15, -0.1) is 0 Å². The third-order valence-electron chi connectivity index (χ3n) is 2.47. The van der Waals surface area contributed by atoms with Crippen LogP contribution in [0.3, 0.4) is 0 Å². The molecule has 0 aliphatic rings. The number of nitrogens with zero attached hydrogens (tertiary/aromatic N) is 2. The van der Waals surface area contributed by atoms with Crippen LogP contribution in [-0.2, 0) is 6.61 Å².